The number of aryl methyl sites for hydroxylation is 1. The summed E-state index contributed by atoms with van der Waals surface area (Å²) in [6.07, 6.45) is 3.55. The molecule has 1 N–H and O–H groups in total. The summed E-state index contributed by atoms with van der Waals surface area (Å²) in [4.78, 5) is 19.4. The van der Waals surface area contributed by atoms with Crippen LogP contribution in [-0.4, -0.2) is 37.6 Å². The average Bonchev–Trinajstić information content (AvgIpc) is 3.20. The van der Waals surface area contributed by atoms with Gasteiger partial charge in [-0.1, -0.05) is 19.1 Å². The molecule has 6 nitrogen and oxygen atoms in total. The fraction of sp³-hybridized carbons (Fsp3) is 0.389. The van der Waals surface area contributed by atoms with E-state index in [4.69, 9.17) is 4.98 Å². The van der Waals surface area contributed by atoms with Crippen LogP contribution in [-0.2, 0) is 17.8 Å². The third-order valence-electron chi connectivity index (χ3n) is 4.23. The molecular weight excluding hydrogens is 302 g/mol. The van der Waals surface area contributed by atoms with Crippen LogP contribution in [0.1, 0.15) is 37.8 Å². The van der Waals surface area contributed by atoms with E-state index in [1.165, 1.54) is 0 Å². The maximum atomic E-state index is 12.9. The minimum atomic E-state index is -0.299. The van der Waals surface area contributed by atoms with Crippen molar-refractivity contribution < 1.29 is 4.79 Å². The lowest BCUT2D eigenvalue weighted by atomic mass is 10.2. The van der Waals surface area contributed by atoms with E-state index < -0.39 is 0 Å². The third kappa shape index (κ3) is 3.04. The maximum absolute atomic E-state index is 12.9. The summed E-state index contributed by atoms with van der Waals surface area (Å²) in [5.74, 6) is 1.03. The Hall–Kier alpha value is -2.63. The number of hydrogen-bond donors (Lipinski definition) is 1. The van der Waals surface area contributed by atoms with Crippen molar-refractivity contribution in [2.45, 2.75) is 39.3 Å². The lowest BCUT2D eigenvalue weighted by molar-refractivity contribution is -0.133. The molecule has 1 amide bonds. The molecule has 0 spiro atoms. The van der Waals surface area contributed by atoms with Crippen molar-refractivity contribution >= 4 is 16.9 Å². The van der Waals surface area contributed by atoms with Crippen molar-refractivity contribution in [2.24, 2.45) is 0 Å². The van der Waals surface area contributed by atoms with Gasteiger partial charge in [0.2, 0.25) is 5.91 Å². The lowest BCUT2D eigenvalue weighted by Gasteiger charge is -2.23. The van der Waals surface area contributed by atoms with Crippen LogP contribution in [0.25, 0.3) is 11.0 Å². The first-order chi connectivity index (χ1) is 11.6. The Kier molecular flexibility index (Phi) is 4.64. The third-order valence-corrected chi connectivity index (χ3v) is 4.23. The fourth-order valence-electron chi connectivity index (χ4n) is 3.06. The number of aromatic amines is 1. The number of likely N-dealkylation sites (N-methyl/N-ethyl adjacent to an activating group) is 1. The lowest BCUT2D eigenvalue weighted by Crippen LogP contribution is -2.33. The number of benzene rings is 1. The van der Waals surface area contributed by atoms with Crippen LogP contribution in [0.5, 0.6) is 0 Å². The van der Waals surface area contributed by atoms with Gasteiger partial charge in [0.25, 0.3) is 0 Å². The fourth-order valence-corrected chi connectivity index (χ4v) is 3.06. The summed E-state index contributed by atoms with van der Waals surface area (Å²) in [5.41, 5.74) is 2.87. The normalized spacial score (nSPS) is 12.5. The first kappa shape index (κ1) is 16.2. The summed E-state index contributed by atoms with van der Waals surface area (Å²) >= 11 is 0. The van der Waals surface area contributed by atoms with Gasteiger partial charge in [0, 0.05) is 19.7 Å². The van der Waals surface area contributed by atoms with Crippen molar-refractivity contribution in [3.63, 3.8) is 0 Å². The predicted molar refractivity (Wildman–Crippen MR) is 93.5 cm³/mol. The second kappa shape index (κ2) is 6.86. The van der Waals surface area contributed by atoms with Crippen LogP contribution in [0, 0.1) is 0 Å². The highest BCUT2D eigenvalue weighted by molar-refractivity contribution is 5.84. The van der Waals surface area contributed by atoms with E-state index in [-0.39, 0.29) is 11.9 Å². The topological polar surface area (TPSA) is 66.8 Å². The van der Waals surface area contributed by atoms with Crippen molar-refractivity contribution in [3.8, 4) is 0 Å². The number of para-hydroxylation sites is 2. The number of imidazole rings is 1. The SMILES string of the molecule is CCCc1nc2ccccc2n1C(C)C(=O)N(C)Cc1ccn[nH]1. The van der Waals surface area contributed by atoms with Gasteiger partial charge in [0.15, 0.2) is 0 Å². The largest absolute Gasteiger partial charge is 0.338 e. The number of hydrogen-bond acceptors (Lipinski definition) is 3. The molecule has 126 valence electrons. The van der Waals surface area contributed by atoms with Gasteiger partial charge in [0.05, 0.1) is 23.3 Å². The van der Waals surface area contributed by atoms with E-state index in [9.17, 15) is 4.79 Å². The highest BCUT2D eigenvalue weighted by Crippen LogP contribution is 2.23. The molecule has 0 fully saturated rings. The number of carbonyl (C=O) groups is 1. The number of carbonyl (C=O) groups excluding carboxylic acids is 1. The highest BCUT2D eigenvalue weighted by Gasteiger charge is 2.24. The number of nitrogens with zero attached hydrogens (tertiary/aromatic N) is 4. The molecule has 0 bridgehead atoms. The molecule has 0 aliphatic rings. The van der Waals surface area contributed by atoms with Gasteiger partial charge in [-0.3, -0.25) is 9.89 Å². The number of aromatic nitrogens is 4. The van der Waals surface area contributed by atoms with Crippen LogP contribution in [0.15, 0.2) is 36.5 Å². The van der Waals surface area contributed by atoms with Crippen molar-refractivity contribution in [3.05, 3.63) is 48.0 Å². The van der Waals surface area contributed by atoms with E-state index in [2.05, 4.69) is 21.7 Å². The van der Waals surface area contributed by atoms with E-state index in [0.717, 1.165) is 35.4 Å². The molecule has 0 aliphatic carbocycles. The van der Waals surface area contributed by atoms with Gasteiger partial charge < -0.3 is 9.47 Å². The zero-order chi connectivity index (χ0) is 17.1. The molecule has 3 aromatic rings. The Morgan fingerprint density at radius 2 is 2.12 bits per heavy atom. The minimum Gasteiger partial charge on any atom is -0.338 e. The van der Waals surface area contributed by atoms with Crippen LogP contribution in [0.2, 0.25) is 0 Å². The van der Waals surface area contributed by atoms with Gasteiger partial charge in [0.1, 0.15) is 11.9 Å². The molecule has 24 heavy (non-hydrogen) atoms. The number of amides is 1. The molecule has 1 atom stereocenters. The zero-order valence-electron chi connectivity index (χ0n) is 14.4. The van der Waals surface area contributed by atoms with Crippen molar-refractivity contribution in [1.82, 2.24) is 24.6 Å². The zero-order valence-corrected chi connectivity index (χ0v) is 14.4. The summed E-state index contributed by atoms with van der Waals surface area (Å²) in [7, 11) is 1.82. The average molecular weight is 325 g/mol. The van der Waals surface area contributed by atoms with Crippen LogP contribution >= 0.6 is 0 Å². The summed E-state index contributed by atoms with van der Waals surface area (Å²) in [6.45, 7) is 4.58. The first-order valence-corrected chi connectivity index (χ1v) is 8.31. The molecule has 2 aromatic heterocycles. The quantitative estimate of drug-likeness (QED) is 0.758. The van der Waals surface area contributed by atoms with Crippen molar-refractivity contribution in [2.75, 3.05) is 7.05 Å². The molecule has 1 aromatic carbocycles. The minimum absolute atomic E-state index is 0.0603. The summed E-state index contributed by atoms with van der Waals surface area (Å²) in [6, 6.07) is 9.57. The molecule has 0 radical (unpaired) electrons. The van der Waals surface area contributed by atoms with Crippen LogP contribution < -0.4 is 0 Å². The highest BCUT2D eigenvalue weighted by atomic mass is 16.2. The molecule has 1 unspecified atom stereocenters. The van der Waals surface area contributed by atoms with E-state index in [0.29, 0.717) is 6.54 Å². The second-order valence-corrected chi connectivity index (χ2v) is 6.09. The molecule has 0 saturated heterocycles. The van der Waals surface area contributed by atoms with E-state index in [1.807, 2.05) is 44.3 Å². The van der Waals surface area contributed by atoms with Crippen LogP contribution in [0.3, 0.4) is 0 Å². The summed E-state index contributed by atoms with van der Waals surface area (Å²) < 4.78 is 2.07. The van der Waals surface area contributed by atoms with Crippen molar-refractivity contribution in [1.29, 1.82) is 0 Å². The molecule has 2 heterocycles. The predicted octanol–water partition coefficient (Wildman–Crippen LogP) is 2.93. The maximum Gasteiger partial charge on any atom is 0.245 e. The Balaban J connectivity index is 1.90. The van der Waals surface area contributed by atoms with Crippen LogP contribution in [0.4, 0.5) is 0 Å². The Morgan fingerprint density at radius 3 is 2.83 bits per heavy atom. The number of rotatable bonds is 6. The van der Waals surface area contributed by atoms with E-state index in [1.54, 1.807) is 11.1 Å². The molecule has 0 saturated carbocycles. The summed E-state index contributed by atoms with van der Waals surface area (Å²) in [5, 5.41) is 6.83. The van der Waals surface area contributed by atoms with Gasteiger partial charge in [-0.15, -0.1) is 0 Å². The molecule has 0 aliphatic heterocycles. The molecule has 3 rings (SSSR count). The Morgan fingerprint density at radius 1 is 1.33 bits per heavy atom. The smallest absolute Gasteiger partial charge is 0.245 e. The van der Waals surface area contributed by atoms with E-state index >= 15 is 0 Å². The Labute approximate surface area is 141 Å². The number of nitrogens with one attached hydrogen (secondary N) is 1. The number of H-pyrrole nitrogens is 1. The molecular formula is C18H23N5O. The Bertz CT molecular complexity index is 821. The van der Waals surface area contributed by atoms with Gasteiger partial charge in [-0.2, -0.15) is 5.10 Å². The monoisotopic (exact) mass is 325 g/mol. The van der Waals surface area contributed by atoms with Gasteiger partial charge in [-0.05, 0) is 31.5 Å². The first-order valence-electron chi connectivity index (χ1n) is 8.31. The molecule has 6 heteroatoms. The van der Waals surface area contributed by atoms with Gasteiger partial charge in [-0.25, -0.2) is 4.98 Å². The second-order valence-electron chi connectivity index (χ2n) is 6.09. The number of fused-ring (bicyclic) bond motifs is 1. The van der Waals surface area contributed by atoms with Gasteiger partial charge >= 0.3 is 0 Å². The standard InChI is InChI=1S/C18H23N5O/c1-4-7-17-20-15-8-5-6-9-16(15)23(17)13(2)18(24)22(3)12-14-10-11-19-21-14/h5-6,8-11,13H,4,7,12H2,1-3H3,(H,19,21).